The second-order valence-electron chi connectivity index (χ2n) is 9.61. The Bertz CT molecular complexity index is 1320. The number of amidine groups is 1. The molecule has 0 saturated carbocycles. The first kappa shape index (κ1) is 30.4. The van der Waals surface area contributed by atoms with Crippen LogP contribution in [0.15, 0.2) is 47.5 Å². The van der Waals surface area contributed by atoms with Crippen molar-refractivity contribution in [3.05, 3.63) is 59.2 Å². The fourth-order valence-electron chi connectivity index (χ4n) is 4.38. The molecule has 13 heteroatoms. The number of benzene rings is 2. The molecule has 1 aliphatic rings. The zero-order valence-electron chi connectivity index (χ0n) is 22.0. The van der Waals surface area contributed by atoms with Crippen LogP contribution in [0, 0.1) is 6.92 Å². The van der Waals surface area contributed by atoms with E-state index in [1.807, 2.05) is 19.1 Å². The average Bonchev–Trinajstić information content (AvgIpc) is 2.86. The third-order valence-electron chi connectivity index (χ3n) is 6.88. The van der Waals surface area contributed by atoms with E-state index in [0.29, 0.717) is 6.42 Å². The van der Waals surface area contributed by atoms with Crippen LogP contribution in [0.2, 0.25) is 0 Å². The van der Waals surface area contributed by atoms with Crippen LogP contribution >= 0.6 is 0 Å². The average molecular weight is 571 g/mol. The summed E-state index contributed by atoms with van der Waals surface area (Å²) in [6.07, 6.45) is -4.19. The number of anilines is 1. The van der Waals surface area contributed by atoms with E-state index < -0.39 is 34.3 Å². The first-order valence-electron chi connectivity index (χ1n) is 12.3. The van der Waals surface area contributed by atoms with Crippen molar-refractivity contribution in [3.8, 4) is 5.75 Å². The monoisotopic (exact) mass is 570 g/mol. The second kappa shape index (κ2) is 11.9. The van der Waals surface area contributed by atoms with Gasteiger partial charge in [0.15, 0.2) is 0 Å². The predicted molar refractivity (Wildman–Crippen MR) is 142 cm³/mol. The van der Waals surface area contributed by atoms with Crippen LogP contribution in [0.4, 0.5) is 18.9 Å². The maximum atomic E-state index is 13.1. The fraction of sp³-hybridized carbons (Fsp3) is 0.462. The summed E-state index contributed by atoms with van der Waals surface area (Å²) in [6.45, 7) is 3.14. The predicted octanol–water partition coefficient (Wildman–Crippen LogP) is 2.98. The number of alkyl halides is 3. The first-order chi connectivity index (χ1) is 18.1. The number of aryl methyl sites for hydroxylation is 2. The zero-order valence-corrected chi connectivity index (χ0v) is 22.8. The molecule has 2 aromatic rings. The van der Waals surface area contributed by atoms with Crippen molar-refractivity contribution in [3.63, 3.8) is 0 Å². The molecule has 214 valence electrons. The van der Waals surface area contributed by atoms with E-state index in [1.54, 1.807) is 13.1 Å². The van der Waals surface area contributed by atoms with E-state index in [-0.39, 0.29) is 49.0 Å². The van der Waals surface area contributed by atoms with E-state index in [2.05, 4.69) is 9.73 Å². The number of ether oxygens (including phenoxy) is 1. The number of halogens is 3. The highest BCUT2D eigenvalue weighted by atomic mass is 32.2. The van der Waals surface area contributed by atoms with Gasteiger partial charge in [0.25, 0.3) is 0 Å². The number of hydrogen-bond donors (Lipinski definition) is 2. The van der Waals surface area contributed by atoms with Gasteiger partial charge in [-0.15, -0.1) is 13.2 Å². The number of amides is 1. The minimum Gasteiger partial charge on any atom is -0.406 e. The summed E-state index contributed by atoms with van der Waals surface area (Å²) in [5.41, 5.74) is 7.65. The van der Waals surface area contributed by atoms with Gasteiger partial charge < -0.3 is 20.5 Å². The Labute approximate surface area is 226 Å². The fourth-order valence-corrected chi connectivity index (χ4v) is 5.85. The Hall–Kier alpha value is -3.16. The molecular weight excluding hydrogens is 537 g/mol. The molecule has 2 aromatic carbocycles. The quantitative estimate of drug-likeness (QED) is 0.353. The smallest absolute Gasteiger partial charge is 0.406 e. The van der Waals surface area contributed by atoms with Gasteiger partial charge in [0, 0.05) is 38.3 Å². The van der Waals surface area contributed by atoms with Crippen molar-refractivity contribution >= 4 is 27.5 Å². The molecule has 3 rings (SSSR count). The van der Waals surface area contributed by atoms with Crippen molar-refractivity contribution in [2.45, 2.75) is 45.0 Å². The molecule has 39 heavy (non-hydrogen) atoms. The maximum absolute atomic E-state index is 13.1. The number of nitrogens with zero attached hydrogens (tertiary/aromatic N) is 3. The zero-order chi connectivity index (χ0) is 29.0. The molecule has 9 nitrogen and oxygen atoms in total. The summed E-state index contributed by atoms with van der Waals surface area (Å²) in [5.74, 6) is -0.752. The molecule has 1 aliphatic heterocycles. The minimum absolute atomic E-state index is 0.0812. The van der Waals surface area contributed by atoms with Gasteiger partial charge in [0.05, 0.1) is 17.9 Å². The van der Waals surface area contributed by atoms with Crippen LogP contribution < -0.4 is 15.4 Å². The summed E-state index contributed by atoms with van der Waals surface area (Å²) in [6, 6.07) is 10.5. The first-order valence-corrected chi connectivity index (χ1v) is 13.9. The molecule has 0 bridgehead atoms. The molecule has 1 amide bonds. The largest absolute Gasteiger partial charge is 0.573 e. The Balaban J connectivity index is 1.66. The van der Waals surface area contributed by atoms with Gasteiger partial charge in [-0.25, -0.2) is 12.7 Å². The van der Waals surface area contributed by atoms with E-state index in [0.717, 1.165) is 28.9 Å². The topological polar surface area (TPSA) is 126 Å². The lowest BCUT2D eigenvalue weighted by molar-refractivity contribution is -0.274. The van der Waals surface area contributed by atoms with Crippen LogP contribution in [0.1, 0.15) is 36.5 Å². The SMILES string of the molecule is CC(=O)N(C)c1ccc(CCS(=O)(=O)N2CCC(CO)(N=C(N)c3cccc(OC(F)(F)F)c3)CC2)c(C)c1. The van der Waals surface area contributed by atoms with Gasteiger partial charge in [0.1, 0.15) is 11.6 Å². The molecule has 1 saturated heterocycles. The summed E-state index contributed by atoms with van der Waals surface area (Å²) < 4.78 is 69.1. The van der Waals surface area contributed by atoms with Crippen LogP contribution in [0.3, 0.4) is 0 Å². The third-order valence-corrected chi connectivity index (χ3v) is 8.75. The summed E-state index contributed by atoms with van der Waals surface area (Å²) in [7, 11) is -1.95. The van der Waals surface area contributed by atoms with E-state index in [9.17, 15) is 31.5 Å². The van der Waals surface area contributed by atoms with Crippen LogP contribution in [-0.4, -0.2) is 74.0 Å². The highest BCUT2D eigenvalue weighted by Gasteiger charge is 2.38. The molecule has 0 unspecified atom stereocenters. The van der Waals surface area contributed by atoms with E-state index >= 15 is 0 Å². The summed E-state index contributed by atoms with van der Waals surface area (Å²) >= 11 is 0. The lowest BCUT2D eigenvalue weighted by Gasteiger charge is -2.37. The van der Waals surface area contributed by atoms with Crippen molar-refractivity contribution in [2.75, 3.05) is 37.4 Å². The molecule has 0 aromatic heterocycles. The van der Waals surface area contributed by atoms with Gasteiger partial charge in [-0.05, 0) is 61.6 Å². The normalized spacial score (nSPS) is 16.6. The lowest BCUT2D eigenvalue weighted by Crippen LogP contribution is -2.49. The summed E-state index contributed by atoms with van der Waals surface area (Å²) in [5, 5.41) is 10.1. The van der Waals surface area contributed by atoms with Gasteiger partial charge in [-0.3, -0.25) is 9.79 Å². The van der Waals surface area contributed by atoms with Crippen LogP contribution in [0.5, 0.6) is 5.75 Å². The Morgan fingerprint density at radius 3 is 2.44 bits per heavy atom. The Morgan fingerprint density at radius 1 is 1.21 bits per heavy atom. The Kier molecular flexibility index (Phi) is 9.29. The highest BCUT2D eigenvalue weighted by molar-refractivity contribution is 7.89. The van der Waals surface area contributed by atoms with Gasteiger partial charge >= 0.3 is 6.36 Å². The van der Waals surface area contributed by atoms with E-state index in [4.69, 9.17) is 5.73 Å². The molecule has 0 aliphatic carbocycles. The number of carbonyl (C=O) groups excluding carboxylic acids is 1. The van der Waals surface area contributed by atoms with Crippen molar-refractivity contribution in [2.24, 2.45) is 10.7 Å². The van der Waals surface area contributed by atoms with E-state index in [1.165, 1.54) is 28.3 Å². The number of aliphatic imine (C=N–C) groups is 1. The Morgan fingerprint density at radius 2 is 1.87 bits per heavy atom. The van der Waals surface area contributed by atoms with Crippen LogP contribution in [0.25, 0.3) is 0 Å². The highest BCUT2D eigenvalue weighted by Crippen LogP contribution is 2.30. The number of aliphatic hydroxyl groups excluding tert-OH is 1. The number of aliphatic hydroxyl groups is 1. The molecule has 0 radical (unpaired) electrons. The summed E-state index contributed by atoms with van der Waals surface area (Å²) in [4.78, 5) is 17.5. The molecule has 1 heterocycles. The molecular formula is C26H33F3N4O5S. The molecule has 3 N–H and O–H groups in total. The number of sulfonamides is 1. The van der Waals surface area contributed by atoms with Gasteiger partial charge in [-0.2, -0.15) is 0 Å². The standard InChI is InChI=1S/C26H33F3N4O5S/c1-18-15-22(32(3)19(2)35)8-7-20(18)9-14-39(36,37)33-12-10-25(17-34,11-13-33)31-24(30)21-5-4-6-23(16-21)38-26(27,28)29/h4-8,15-16,34H,9-14,17H2,1-3H3,(H2,30,31). The van der Waals surface area contributed by atoms with Crippen molar-refractivity contribution in [1.82, 2.24) is 4.31 Å². The molecule has 0 atom stereocenters. The minimum atomic E-state index is -4.86. The number of carbonyl (C=O) groups is 1. The second-order valence-corrected chi connectivity index (χ2v) is 11.7. The lowest BCUT2D eigenvalue weighted by atomic mass is 9.90. The van der Waals surface area contributed by atoms with Gasteiger partial charge in [-0.1, -0.05) is 18.2 Å². The molecule has 0 spiro atoms. The van der Waals surface area contributed by atoms with Crippen molar-refractivity contribution in [1.29, 1.82) is 0 Å². The van der Waals surface area contributed by atoms with Gasteiger partial charge in [0.2, 0.25) is 15.9 Å². The van der Waals surface area contributed by atoms with Crippen molar-refractivity contribution < 1.29 is 36.2 Å². The third kappa shape index (κ3) is 7.93. The number of rotatable bonds is 9. The maximum Gasteiger partial charge on any atom is 0.573 e. The van der Waals surface area contributed by atoms with Crippen LogP contribution in [-0.2, 0) is 21.2 Å². The molecule has 1 fully saturated rings. The number of hydrogen-bond acceptors (Lipinski definition) is 6. The number of piperidine rings is 1. The number of nitrogens with two attached hydrogens (primary N) is 1.